The summed E-state index contributed by atoms with van der Waals surface area (Å²) in [6.45, 7) is 6.52. The van der Waals surface area contributed by atoms with E-state index in [1.54, 1.807) is 0 Å². The molecule has 1 rings (SSSR count). The molecule has 0 saturated carbocycles. The number of carboxylic acids is 1. The zero-order valence-electron chi connectivity index (χ0n) is 10.6. The number of carboxylic acid groups (broad SMARTS) is 1. The van der Waals surface area contributed by atoms with Gasteiger partial charge in [-0.1, -0.05) is 30.3 Å². The van der Waals surface area contributed by atoms with E-state index in [2.05, 4.69) is 0 Å². The second-order valence-electron chi connectivity index (χ2n) is 4.86. The molecule has 0 atom stereocenters. The van der Waals surface area contributed by atoms with Gasteiger partial charge in [0.25, 0.3) is 0 Å². The molecule has 0 fully saturated rings. The van der Waals surface area contributed by atoms with Crippen molar-refractivity contribution in [2.75, 3.05) is 0 Å². The molecule has 0 saturated heterocycles. The Morgan fingerprint density at radius 2 is 1.59 bits per heavy atom. The third kappa shape index (κ3) is 3.54. The van der Waals surface area contributed by atoms with Gasteiger partial charge >= 0.3 is 5.97 Å². The Bertz CT molecular complexity index is 382. The Morgan fingerprint density at radius 1 is 1.06 bits per heavy atom. The van der Waals surface area contributed by atoms with Gasteiger partial charge in [-0.05, 0) is 33.3 Å². The van der Waals surface area contributed by atoms with E-state index in [1.165, 1.54) is 13.8 Å². The Hall–Kier alpha value is -1.39. The first-order valence-corrected chi connectivity index (χ1v) is 5.41. The zero-order chi connectivity index (χ0) is 13.1. The van der Waals surface area contributed by atoms with Crippen LogP contribution in [0.15, 0.2) is 30.3 Å². The minimum absolute atomic E-state index is 0.700. The molecule has 0 aromatic heterocycles. The molecule has 4 nitrogen and oxygen atoms in total. The summed E-state index contributed by atoms with van der Waals surface area (Å²) >= 11 is 0. The van der Waals surface area contributed by atoms with E-state index in [0.29, 0.717) is 0 Å². The number of benzene rings is 1. The molecule has 1 N–H and O–H groups in total. The fraction of sp³-hybridized carbons (Fsp3) is 0.462. The quantitative estimate of drug-likeness (QED) is 0.633. The van der Waals surface area contributed by atoms with Crippen LogP contribution >= 0.6 is 0 Å². The molecule has 1 aromatic rings. The van der Waals surface area contributed by atoms with Crippen LogP contribution in [0.2, 0.25) is 0 Å². The minimum Gasteiger partial charge on any atom is -0.479 e. The van der Waals surface area contributed by atoms with Crippen molar-refractivity contribution in [3.63, 3.8) is 0 Å². The van der Waals surface area contributed by atoms with Crippen LogP contribution in [-0.2, 0) is 20.2 Å². The molecule has 1 aromatic carbocycles. The van der Waals surface area contributed by atoms with Gasteiger partial charge in [0.05, 0.1) is 0 Å². The maximum Gasteiger partial charge on any atom is 0.338 e. The molecule has 0 radical (unpaired) electrons. The highest BCUT2D eigenvalue weighted by molar-refractivity contribution is 5.76. The number of aliphatic carboxylic acids is 1. The molecule has 0 amide bonds. The Labute approximate surface area is 101 Å². The molecule has 0 spiro atoms. The maximum atomic E-state index is 10.9. The van der Waals surface area contributed by atoms with E-state index in [9.17, 15) is 4.79 Å². The molecule has 0 aliphatic carbocycles. The Kier molecular flexibility index (Phi) is 3.91. The summed E-state index contributed by atoms with van der Waals surface area (Å²) in [6.07, 6.45) is 0. The fourth-order valence-corrected chi connectivity index (χ4v) is 1.13. The summed E-state index contributed by atoms with van der Waals surface area (Å²) in [5.74, 6) is -1.07. The highest BCUT2D eigenvalue weighted by atomic mass is 17.2. The van der Waals surface area contributed by atoms with Crippen molar-refractivity contribution in [2.45, 2.75) is 38.9 Å². The summed E-state index contributed by atoms with van der Waals surface area (Å²) in [7, 11) is 0. The van der Waals surface area contributed by atoms with E-state index >= 15 is 0 Å². The first kappa shape index (κ1) is 13.7. The largest absolute Gasteiger partial charge is 0.479 e. The van der Waals surface area contributed by atoms with E-state index in [4.69, 9.17) is 14.9 Å². The summed E-state index contributed by atoms with van der Waals surface area (Å²) < 4.78 is 0. The highest BCUT2D eigenvalue weighted by Gasteiger charge is 2.33. The predicted molar refractivity (Wildman–Crippen MR) is 63.4 cm³/mol. The molecule has 0 heterocycles. The number of hydrogen-bond acceptors (Lipinski definition) is 3. The van der Waals surface area contributed by atoms with Crippen molar-refractivity contribution in [1.29, 1.82) is 0 Å². The first-order valence-electron chi connectivity index (χ1n) is 5.41. The summed E-state index contributed by atoms with van der Waals surface area (Å²) in [5, 5.41) is 8.90. The van der Waals surface area contributed by atoms with Gasteiger partial charge in [-0.15, -0.1) is 0 Å². The van der Waals surface area contributed by atoms with Gasteiger partial charge in [-0.3, -0.25) is 0 Å². The number of carbonyl (C=O) groups is 1. The normalized spacial score (nSPS) is 12.5. The maximum absolute atomic E-state index is 10.9. The van der Waals surface area contributed by atoms with Crippen LogP contribution in [0.3, 0.4) is 0 Å². The molecule has 0 unspecified atom stereocenters. The zero-order valence-corrected chi connectivity index (χ0v) is 10.6. The van der Waals surface area contributed by atoms with Crippen LogP contribution in [-0.4, -0.2) is 16.7 Å². The molecule has 0 bridgehead atoms. The van der Waals surface area contributed by atoms with Gasteiger partial charge in [0, 0.05) is 0 Å². The lowest BCUT2D eigenvalue weighted by molar-refractivity contribution is -0.398. The van der Waals surface area contributed by atoms with Crippen molar-refractivity contribution in [1.82, 2.24) is 0 Å². The van der Waals surface area contributed by atoms with E-state index < -0.39 is 17.2 Å². The van der Waals surface area contributed by atoms with E-state index in [0.717, 1.165) is 5.56 Å². The summed E-state index contributed by atoms with van der Waals surface area (Å²) in [5.41, 5.74) is -1.15. The van der Waals surface area contributed by atoms with Gasteiger partial charge < -0.3 is 5.11 Å². The molecule has 0 aliphatic heterocycles. The van der Waals surface area contributed by atoms with Crippen molar-refractivity contribution < 1.29 is 19.7 Å². The van der Waals surface area contributed by atoms with Gasteiger partial charge in [0.2, 0.25) is 0 Å². The van der Waals surface area contributed by atoms with Crippen molar-refractivity contribution >= 4 is 5.97 Å². The molecule has 17 heavy (non-hydrogen) atoms. The molecular formula is C13H18O4. The van der Waals surface area contributed by atoms with Gasteiger partial charge in [0.1, 0.15) is 5.60 Å². The molecule has 0 aliphatic rings. The van der Waals surface area contributed by atoms with Gasteiger partial charge in [-0.25, -0.2) is 14.6 Å². The number of rotatable bonds is 5. The van der Waals surface area contributed by atoms with Gasteiger partial charge in [-0.2, -0.15) is 0 Å². The standard InChI is InChI=1S/C13H18O4/c1-12(2,10-8-6-5-7-9-10)16-17-13(3,4)11(14)15/h5-9H,1-4H3,(H,14,15). The van der Waals surface area contributed by atoms with Crippen molar-refractivity contribution in [2.24, 2.45) is 0 Å². The highest BCUT2D eigenvalue weighted by Crippen LogP contribution is 2.26. The molecule has 4 heteroatoms. The lowest BCUT2D eigenvalue weighted by atomic mass is 9.99. The second-order valence-corrected chi connectivity index (χ2v) is 4.86. The average Bonchev–Trinajstić information content (AvgIpc) is 2.28. The summed E-state index contributed by atoms with van der Waals surface area (Å²) in [6, 6.07) is 9.49. The molecule has 94 valence electrons. The fourth-order valence-electron chi connectivity index (χ4n) is 1.13. The smallest absolute Gasteiger partial charge is 0.338 e. The predicted octanol–water partition coefficient (Wildman–Crippen LogP) is 2.73. The van der Waals surface area contributed by atoms with Crippen LogP contribution in [0.5, 0.6) is 0 Å². The second kappa shape index (κ2) is 4.85. The van der Waals surface area contributed by atoms with Crippen LogP contribution in [0, 0.1) is 0 Å². The molecular weight excluding hydrogens is 220 g/mol. The topological polar surface area (TPSA) is 55.8 Å². The van der Waals surface area contributed by atoms with Crippen molar-refractivity contribution in [3.05, 3.63) is 35.9 Å². The Balaban J connectivity index is 2.72. The van der Waals surface area contributed by atoms with Crippen LogP contribution < -0.4 is 0 Å². The van der Waals surface area contributed by atoms with Gasteiger partial charge in [0.15, 0.2) is 5.60 Å². The summed E-state index contributed by atoms with van der Waals surface area (Å²) in [4.78, 5) is 21.1. The number of hydrogen-bond donors (Lipinski definition) is 1. The average molecular weight is 238 g/mol. The SMILES string of the molecule is CC(C)(OOC(C)(C)c1ccccc1)C(=O)O. The first-order chi connectivity index (χ1) is 7.76. The van der Waals surface area contributed by atoms with Crippen molar-refractivity contribution in [3.8, 4) is 0 Å². The van der Waals surface area contributed by atoms with Crippen LogP contribution in [0.25, 0.3) is 0 Å². The third-order valence-electron chi connectivity index (χ3n) is 2.44. The van der Waals surface area contributed by atoms with E-state index in [1.807, 2.05) is 44.2 Å². The van der Waals surface area contributed by atoms with Crippen LogP contribution in [0.1, 0.15) is 33.3 Å². The minimum atomic E-state index is -1.37. The monoisotopic (exact) mass is 238 g/mol. The Morgan fingerprint density at radius 3 is 2.06 bits per heavy atom. The lowest BCUT2D eigenvalue weighted by Gasteiger charge is -2.28. The van der Waals surface area contributed by atoms with E-state index in [-0.39, 0.29) is 0 Å². The third-order valence-corrected chi connectivity index (χ3v) is 2.44. The van der Waals surface area contributed by atoms with Crippen LogP contribution in [0.4, 0.5) is 0 Å². The lowest BCUT2D eigenvalue weighted by Crippen LogP contribution is -2.37.